The standard InChI is InChI=1S/C14H25F3N2O2/c1-3-18-10(2)7-13(20)19-11-5-4-6-12(8-11)21-9-14(15,16)17/h10-12,18H,3-9H2,1-2H3,(H,19,20). The summed E-state index contributed by atoms with van der Waals surface area (Å²) >= 11 is 0. The first-order chi connectivity index (χ1) is 9.80. The normalized spacial score (nSPS) is 24.6. The Hall–Kier alpha value is -0.820. The molecule has 1 saturated carbocycles. The molecular weight excluding hydrogens is 285 g/mol. The van der Waals surface area contributed by atoms with Crippen molar-refractivity contribution in [3.8, 4) is 0 Å². The van der Waals surface area contributed by atoms with Gasteiger partial charge in [0.25, 0.3) is 0 Å². The van der Waals surface area contributed by atoms with Gasteiger partial charge >= 0.3 is 6.18 Å². The molecule has 21 heavy (non-hydrogen) atoms. The Kier molecular flexibility index (Phi) is 7.45. The first kappa shape index (κ1) is 18.2. The zero-order chi connectivity index (χ0) is 15.9. The van der Waals surface area contributed by atoms with Crippen LogP contribution in [0.5, 0.6) is 0 Å². The fourth-order valence-electron chi connectivity index (χ4n) is 2.63. The molecule has 2 N–H and O–H groups in total. The second kappa shape index (κ2) is 8.58. The summed E-state index contributed by atoms with van der Waals surface area (Å²) in [5, 5.41) is 6.04. The van der Waals surface area contributed by atoms with Crippen molar-refractivity contribution in [3.63, 3.8) is 0 Å². The topological polar surface area (TPSA) is 50.4 Å². The Morgan fingerprint density at radius 1 is 1.38 bits per heavy atom. The number of nitrogens with one attached hydrogen (secondary N) is 2. The van der Waals surface area contributed by atoms with Gasteiger partial charge in [-0.3, -0.25) is 4.79 Å². The highest BCUT2D eigenvalue weighted by atomic mass is 19.4. The van der Waals surface area contributed by atoms with Crippen LogP contribution in [0.1, 0.15) is 46.0 Å². The van der Waals surface area contributed by atoms with Crippen molar-refractivity contribution >= 4 is 5.91 Å². The Labute approximate surface area is 123 Å². The number of amides is 1. The number of carbonyl (C=O) groups is 1. The van der Waals surface area contributed by atoms with Crippen molar-refractivity contribution in [3.05, 3.63) is 0 Å². The summed E-state index contributed by atoms with van der Waals surface area (Å²) in [7, 11) is 0. The zero-order valence-corrected chi connectivity index (χ0v) is 12.6. The number of ether oxygens (including phenoxy) is 1. The third-order valence-corrected chi connectivity index (χ3v) is 3.52. The summed E-state index contributed by atoms with van der Waals surface area (Å²) in [4.78, 5) is 11.8. The fourth-order valence-corrected chi connectivity index (χ4v) is 2.63. The van der Waals surface area contributed by atoms with Crippen LogP contribution in [-0.2, 0) is 9.53 Å². The third kappa shape index (κ3) is 8.26. The highest BCUT2D eigenvalue weighted by Gasteiger charge is 2.31. The van der Waals surface area contributed by atoms with E-state index in [1.165, 1.54) is 0 Å². The van der Waals surface area contributed by atoms with Gasteiger partial charge in [0.2, 0.25) is 5.91 Å². The van der Waals surface area contributed by atoms with Crippen LogP contribution < -0.4 is 10.6 Å². The first-order valence-electron chi connectivity index (χ1n) is 7.51. The Bertz CT molecular complexity index is 324. The van der Waals surface area contributed by atoms with Gasteiger partial charge in [0.05, 0.1) is 6.10 Å². The second-order valence-electron chi connectivity index (χ2n) is 5.64. The van der Waals surface area contributed by atoms with Crippen molar-refractivity contribution in [2.24, 2.45) is 0 Å². The van der Waals surface area contributed by atoms with E-state index >= 15 is 0 Å². The molecule has 0 saturated heterocycles. The Morgan fingerprint density at radius 2 is 2.10 bits per heavy atom. The zero-order valence-electron chi connectivity index (χ0n) is 12.6. The highest BCUT2D eigenvalue weighted by Crippen LogP contribution is 2.24. The molecule has 4 nitrogen and oxygen atoms in total. The van der Waals surface area contributed by atoms with E-state index in [2.05, 4.69) is 10.6 Å². The summed E-state index contributed by atoms with van der Waals surface area (Å²) < 4.78 is 41.3. The molecule has 0 heterocycles. The summed E-state index contributed by atoms with van der Waals surface area (Å²) in [6.45, 7) is 3.48. The van der Waals surface area contributed by atoms with E-state index in [0.717, 1.165) is 19.4 Å². The number of hydrogen-bond donors (Lipinski definition) is 2. The molecule has 1 aliphatic rings. The quantitative estimate of drug-likeness (QED) is 0.759. The molecule has 0 radical (unpaired) electrons. The lowest BCUT2D eigenvalue weighted by atomic mass is 9.92. The third-order valence-electron chi connectivity index (χ3n) is 3.52. The van der Waals surface area contributed by atoms with E-state index in [-0.39, 0.29) is 18.0 Å². The van der Waals surface area contributed by atoms with Crippen molar-refractivity contribution in [1.82, 2.24) is 10.6 Å². The molecule has 0 aromatic carbocycles. The molecule has 3 atom stereocenters. The van der Waals surface area contributed by atoms with Crippen LogP contribution in [0.15, 0.2) is 0 Å². The lowest BCUT2D eigenvalue weighted by Gasteiger charge is -2.30. The van der Waals surface area contributed by atoms with Crippen LogP contribution in [0.2, 0.25) is 0 Å². The summed E-state index contributed by atoms with van der Waals surface area (Å²) in [5.74, 6) is -0.0649. The predicted molar refractivity (Wildman–Crippen MR) is 73.9 cm³/mol. The molecule has 124 valence electrons. The average molecular weight is 310 g/mol. The lowest BCUT2D eigenvalue weighted by Crippen LogP contribution is -2.43. The van der Waals surface area contributed by atoms with Crippen LogP contribution in [0.4, 0.5) is 13.2 Å². The summed E-state index contributed by atoms with van der Waals surface area (Å²) in [6, 6.07) is 0.00850. The van der Waals surface area contributed by atoms with E-state index in [1.807, 2.05) is 13.8 Å². The van der Waals surface area contributed by atoms with Gasteiger partial charge in [-0.2, -0.15) is 13.2 Å². The highest BCUT2D eigenvalue weighted by molar-refractivity contribution is 5.76. The van der Waals surface area contributed by atoms with Gasteiger partial charge in [-0.1, -0.05) is 6.92 Å². The molecule has 0 bridgehead atoms. The molecule has 1 amide bonds. The molecule has 1 rings (SSSR count). The van der Waals surface area contributed by atoms with Gasteiger partial charge in [-0.15, -0.1) is 0 Å². The Morgan fingerprint density at radius 3 is 2.71 bits per heavy atom. The van der Waals surface area contributed by atoms with E-state index in [1.54, 1.807) is 0 Å². The monoisotopic (exact) mass is 310 g/mol. The predicted octanol–water partition coefficient (Wildman–Crippen LogP) is 2.38. The van der Waals surface area contributed by atoms with Gasteiger partial charge in [-0.05, 0) is 39.2 Å². The molecule has 0 aromatic heterocycles. The molecule has 3 unspecified atom stereocenters. The second-order valence-corrected chi connectivity index (χ2v) is 5.64. The Balaban J connectivity index is 2.30. The van der Waals surface area contributed by atoms with Gasteiger partial charge in [0, 0.05) is 18.5 Å². The molecule has 7 heteroatoms. The molecular formula is C14H25F3N2O2. The van der Waals surface area contributed by atoms with Crippen molar-refractivity contribution in [2.75, 3.05) is 13.2 Å². The van der Waals surface area contributed by atoms with E-state index in [9.17, 15) is 18.0 Å². The first-order valence-corrected chi connectivity index (χ1v) is 7.51. The molecule has 0 spiro atoms. The molecule has 0 aliphatic heterocycles. The largest absolute Gasteiger partial charge is 0.411 e. The number of halogens is 3. The molecule has 1 aliphatic carbocycles. The fraction of sp³-hybridized carbons (Fsp3) is 0.929. The maximum absolute atomic E-state index is 12.1. The number of rotatable bonds is 7. The van der Waals surface area contributed by atoms with Crippen LogP contribution in [0, 0.1) is 0 Å². The summed E-state index contributed by atoms with van der Waals surface area (Å²) in [6.07, 6.45) is -1.69. The number of carbonyl (C=O) groups excluding carboxylic acids is 1. The van der Waals surface area contributed by atoms with Crippen LogP contribution >= 0.6 is 0 Å². The molecule has 0 aromatic rings. The smallest absolute Gasteiger partial charge is 0.369 e. The van der Waals surface area contributed by atoms with Crippen molar-refractivity contribution in [1.29, 1.82) is 0 Å². The van der Waals surface area contributed by atoms with Gasteiger partial charge in [0.1, 0.15) is 6.61 Å². The van der Waals surface area contributed by atoms with Crippen LogP contribution in [-0.4, -0.2) is 43.4 Å². The van der Waals surface area contributed by atoms with Crippen LogP contribution in [0.25, 0.3) is 0 Å². The van der Waals surface area contributed by atoms with Crippen molar-refractivity contribution < 1.29 is 22.7 Å². The minimum Gasteiger partial charge on any atom is -0.369 e. The average Bonchev–Trinajstić information content (AvgIpc) is 2.36. The maximum Gasteiger partial charge on any atom is 0.411 e. The van der Waals surface area contributed by atoms with E-state index < -0.39 is 18.9 Å². The minimum atomic E-state index is -4.29. The van der Waals surface area contributed by atoms with Crippen LogP contribution in [0.3, 0.4) is 0 Å². The minimum absolute atomic E-state index is 0.0649. The lowest BCUT2D eigenvalue weighted by molar-refractivity contribution is -0.188. The van der Waals surface area contributed by atoms with E-state index in [4.69, 9.17) is 4.74 Å². The number of alkyl halides is 3. The molecule has 1 fully saturated rings. The number of hydrogen-bond acceptors (Lipinski definition) is 3. The van der Waals surface area contributed by atoms with Crippen molar-refractivity contribution in [2.45, 2.75) is 70.3 Å². The maximum atomic E-state index is 12.1. The summed E-state index contributed by atoms with van der Waals surface area (Å²) in [5.41, 5.74) is 0. The van der Waals surface area contributed by atoms with Gasteiger partial charge in [-0.25, -0.2) is 0 Å². The van der Waals surface area contributed by atoms with Gasteiger partial charge in [0.15, 0.2) is 0 Å². The van der Waals surface area contributed by atoms with E-state index in [0.29, 0.717) is 19.3 Å². The SMILES string of the molecule is CCNC(C)CC(=O)NC1CCCC(OCC(F)(F)F)C1. The van der Waals surface area contributed by atoms with Gasteiger partial charge < -0.3 is 15.4 Å².